The first kappa shape index (κ1) is 38.1. The summed E-state index contributed by atoms with van der Waals surface area (Å²) >= 11 is 6.74. The van der Waals surface area contributed by atoms with Crippen LogP contribution in [0.2, 0.25) is 5.02 Å². The molecule has 0 radical (unpaired) electrons. The molecule has 3 aromatic carbocycles. The molecule has 0 aliphatic carbocycles. The first-order valence-corrected chi connectivity index (χ1v) is 17.9. The molecule has 0 aliphatic heterocycles. The van der Waals surface area contributed by atoms with Gasteiger partial charge in [-0.05, 0) is 77.1 Å². The lowest BCUT2D eigenvalue weighted by Gasteiger charge is -2.18. The van der Waals surface area contributed by atoms with Crippen LogP contribution >= 0.6 is 11.6 Å². The van der Waals surface area contributed by atoms with Crippen molar-refractivity contribution in [2.45, 2.75) is 40.2 Å². The number of ether oxygens (including phenoxy) is 2. The van der Waals surface area contributed by atoms with Crippen molar-refractivity contribution in [1.29, 1.82) is 5.26 Å². The number of benzene rings is 3. The molecule has 3 aromatic heterocycles. The second kappa shape index (κ2) is 17.9. The molecule has 276 valence electrons. The summed E-state index contributed by atoms with van der Waals surface area (Å²) in [4.78, 5) is 21.7. The molecule has 0 fully saturated rings. The van der Waals surface area contributed by atoms with Gasteiger partial charge in [0.15, 0.2) is 0 Å². The molecular weight excluding hydrogens is 704 g/mol. The van der Waals surface area contributed by atoms with Crippen LogP contribution in [-0.4, -0.2) is 50.9 Å². The van der Waals surface area contributed by atoms with Gasteiger partial charge < -0.3 is 30.3 Å². The third-order valence-electron chi connectivity index (χ3n) is 9.19. The van der Waals surface area contributed by atoms with Crippen molar-refractivity contribution in [1.82, 2.24) is 25.0 Å². The summed E-state index contributed by atoms with van der Waals surface area (Å²) in [5.41, 5.74) is 10.2. The van der Waals surface area contributed by atoms with Gasteiger partial charge in [0.1, 0.15) is 36.4 Å². The average molecular weight is 745 g/mol. The van der Waals surface area contributed by atoms with Gasteiger partial charge in [0.25, 0.3) is 5.56 Å². The van der Waals surface area contributed by atoms with Gasteiger partial charge in [0, 0.05) is 73.7 Å². The molecule has 0 bridgehead atoms. The molecule has 54 heavy (non-hydrogen) atoms. The zero-order valence-electron chi connectivity index (χ0n) is 30.1. The lowest BCUT2D eigenvalue weighted by molar-refractivity contribution is 0.282. The number of fused-ring (bicyclic) bond motifs is 1. The van der Waals surface area contributed by atoms with E-state index >= 15 is 0 Å². The molecular formula is C42H41ClN6O5. The quantitative estimate of drug-likeness (QED) is 0.0883. The van der Waals surface area contributed by atoms with Gasteiger partial charge in [-0.3, -0.25) is 14.2 Å². The number of aromatic nitrogens is 3. The zero-order valence-corrected chi connectivity index (χ0v) is 30.9. The summed E-state index contributed by atoms with van der Waals surface area (Å²) in [5, 5.41) is 34.2. The molecule has 0 unspecified atom stereocenters. The lowest BCUT2D eigenvalue weighted by atomic mass is 9.90. The summed E-state index contributed by atoms with van der Waals surface area (Å²) in [6.07, 6.45) is 6.50. The first-order chi connectivity index (χ1) is 26.3. The molecule has 3 heterocycles. The lowest BCUT2D eigenvalue weighted by Crippen LogP contribution is -2.26. The molecule has 0 saturated carbocycles. The van der Waals surface area contributed by atoms with Crippen LogP contribution in [-0.2, 0) is 26.3 Å². The standard InChI is InChI=1S/C42H41ClN6O5/c1-27-32(26-54-40-18-39(33(16-38(40)43)22-45-10-13-50)53-25-30-15-29(19-44)20-47-21-30)5-3-7-36(27)37-8-4-6-35(28(37)2)31-9-12-49-41(17-31)48-24-34(42(49)52)23-46-11-14-51/h3-9,12,15-18,20-21,24,45-46,50-51H,10-11,13-14,22-23,25-26H2,1-2H3. The van der Waals surface area contributed by atoms with E-state index in [1.165, 1.54) is 6.20 Å². The fourth-order valence-corrected chi connectivity index (χ4v) is 6.52. The fraction of sp³-hybridized carbons (Fsp3) is 0.238. The van der Waals surface area contributed by atoms with Gasteiger partial charge in [-0.1, -0.05) is 48.0 Å². The average Bonchev–Trinajstić information content (AvgIpc) is 3.19. The van der Waals surface area contributed by atoms with Crippen LogP contribution in [0.25, 0.3) is 27.9 Å². The number of nitriles is 1. The van der Waals surface area contributed by atoms with Gasteiger partial charge in [0.05, 0.1) is 23.8 Å². The van der Waals surface area contributed by atoms with Gasteiger partial charge in [-0.15, -0.1) is 0 Å². The SMILES string of the molecule is Cc1c(COc2cc(OCc3cncc(C#N)c3)c(CNCCO)cc2Cl)cccc1-c1cccc(-c2ccn3c(=O)c(CNCCO)cnc3c2)c1C. The zero-order chi connectivity index (χ0) is 38.0. The van der Waals surface area contributed by atoms with E-state index in [1.807, 2.05) is 30.3 Å². The third kappa shape index (κ3) is 8.77. The van der Waals surface area contributed by atoms with Gasteiger partial charge >= 0.3 is 0 Å². The fourth-order valence-electron chi connectivity index (χ4n) is 6.28. The van der Waals surface area contributed by atoms with Crippen molar-refractivity contribution < 1.29 is 19.7 Å². The van der Waals surface area contributed by atoms with E-state index in [4.69, 9.17) is 26.2 Å². The number of aliphatic hydroxyl groups excluding tert-OH is 2. The number of halogens is 1. The monoisotopic (exact) mass is 744 g/mol. The van der Waals surface area contributed by atoms with Crippen LogP contribution in [0.4, 0.5) is 0 Å². The molecule has 6 rings (SSSR count). The van der Waals surface area contributed by atoms with Crippen LogP contribution in [0.3, 0.4) is 0 Å². The van der Waals surface area contributed by atoms with E-state index in [-0.39, 0.29) is 32.0 Å². The smallest absolute Gasteiger partial charge is 0.262 e. The summed E-state index contributed by atoms with van der Waals surface area (Å²) in [6.45, 7) is 6.18. The van der Waals surface area contributed by atoms with E-state index in [2.05, 4.69) is 58.7 Å². The second-order valence-corrected chi connectivity index (χ2v) is 13.2. The maximum absolute atomic E-state index is 13.1. The van der Waals surface area contributed by atoms with Crippen molar-refractivity contribution in [2.24, 2.45) is 0 Å². The molecule has 12 heteroatoms. The summed E-state index contributed by atoms with van der Waals surface area (Å²) < 4.78 is 14.1. The summed E-state index contributed by atoms with van der Waals surface area (Å²) in [5.74, 6) is 1.02. The van der Waals surface area contributed by atoms with Crippen LogP contribution in [0.15, 0.2) is 96.3 Å². The largest absolute Gasteiger partial charge is 0.488 e. The Bertz CT molecular complexity index is 2370. The third-order valence-corrected chi connectivity index (χ3v) is 9.48. The molecule has 0 saturated heterocycles. The molecule has 11 nitrogen and oxygen atoms in total. The maximum atomic E-state index is 13.1. The second-order valence-electron chi connectivity index (χ2n) is 12.8. The van der Waals surface area contributed by atoms with E-state index < -0.39 is 0 Å². The molecule has 0 aliphatic rings. The van der Waals surface area contributed by atoms with Crippen LogP contribution in [0.5, 0.6) is 11.5 Å². The Hall–Kier alpha value is -5.61. The van der Waals surface area contributed by atoms with Gasteiger partial charge in [-0.25, -0.2) is 4.98 Å². The normalized spacial score (nSPS) is 11.1. The van der Waals surface area contributed by atoms with Crippen LogP contribution < -0.4 is 25.7 Å². The number of hydrogen-bond donors (Lipinski definition) is 4. The number of rotatable bonds is 16. The minimum Gasteiger partial charge on any atom is -0.488 e. The summed E-state index contributed by atoms with van der Waals surface area (Å²) in [6, 6.07) is 23.6. The highest BCUT2D eigenvalue weighted by Crippen LogP contribution is 2.37. The minimum absolute atomic E-state index is 0.00389. The molecule has 6 aromatic rings. The van der Waals surface area contributed by atoms with E-state index in [1.54, 1.807) is 41.2 Å². The number of nitrogens with one attached hydrogen (secondary N) is 2. The van der Waals surface area contributed by atoms with E-state index in [0.29, 0.717) is 59.5 Å². The highest BCUT2D eigenvalue weighted by atomic mass is 35.5. The summed E-state index contributed by atoms with van der Waals surface area (Å²) in [7, 11) is 0. The minimum atomic E-state index is -0.145. The number of nitrogens with zero attached hydrogens (tertiary/aromatic N) is 4. The predicted octanol–water partition coefficient (Wildman–Crippen LogP) is 5.89. The highest BCUT2D eigenvalue weighted by molar-refractivity contribution is 6.32. The van der Waals surface area contributed by atoms with Crippen LogP contribution in [0, 0.1) is 25.2 Å². The predicted molar refractivity (Wildman–Crippen MR) is 208 cm³/mol. The molecule has 0 spiro atoms. The van der Waals surface area contributed by atoms with Crippen molar-refractivity contribution in [3.05, 3.63) is 146 Å². The van der Waals surface area contributed by atoms with Crippen molar-refractivity contribution in [2.75, 3.05) is 26.3 Å². The van der Waals surface area contributed by atoms with Crippen LogP contribution in [0.1, 0.15) is 38.9 Å². The Morgan fingerprint density at radius 2 is 1.50 bits per heavy atom. The maximum Gasteiger partial charge on any atom is 0.262 e. The van der Waals surface area contributed by atoms with E-state index in [9.17, 15) is 15.2 Å². The molecule has 4 N–H and O–H groups in total. The van der Waals surface area contributed by atoms with E-state index in [0.717, 1.165) is 50.1 Å². The Morgan fingerprint density at radius 3 is 2.26 bits per heavy atom. The highest BCUT2D eigenvalue weighted by Gasteiger charge is 2.16. The number of pyridine rings is 2. The van der Waals surface area contributed by atoms with Gasteiger partial charge in [-0.2, -0.15) is 5.26 Å². The molecule has 0 atom stereocenters. The first-order valence-electron chi connectivity index (χ1n) is 17.6. The Kier molecular flexibility index (Phi) is 12.7. The number of aliphatic hydroxyl groups is 2. The Balaban J connectivity index is 1.24. The van der Waals surface area contributed by atoms with Crippen molar-refractivity contribution in [3.63, 3.8) is 0 Å². The van der Waals surface area contributed by atoms with Gasteiger partial charge in [0.2, 0.25) is 0 Å². The Morgan fingerprint density at radius 1 is 0.796 bits per heavy atom. The molecule has 0 amide bonds. The number of hydrogen-bond acceptors (Lipinski definition) is 10. The topological polar surface area (TPSA) is 154 Å². The van der Waals surface area contributed by atoms with Crippen molar-refractivity contribution in [3.8, 4) is 39.8 Å². The van der Waals surface area contributed by atoms with Crippen molar-refractivity contribution >= 4 is 17.2 Å². The Labute approximate surface area is 318 Å².